The molecule has 1 atom stereocenters. The molecule has 0 radical (unpaired) electrons. The van der Waals surface area contributed by atoms with Crippen molar-refractivity contribution in [1.29, 1.82) is 5.41 Å². The van der Waals surface area contributed by atoms with Gasteiger partial charge in [-0.3, -0.25) is 15.0 Å². The molecule has 0 aromatic heterocycles. The monoisotopic (exact) mass is 487 g/mol. The molecule has 8 heteroatoms. The zero-order valence-electron chi connectivity index (χ0n) is 20.4. The first-order chi connectivity index (χ1) is 17.3. The van der Waals surface area contributed by atoms with E-state index >= 15 is 0 Å². The van der Waals surface area contributed by atoms with Gasteiger partial charge in [0.2, 0.25) is 11.8 Å². The highest BCUT2D eigenvalue weighted by Crippen LogP contribution is 2.25. The van der Waals surface area contributed by atoms with Gasteiger partial charge in [-0.25, -0.2) is 0 Å². The standard InChI is InChI=1S/C28H33N5O3/c1-33(28(29)30)18-8-13-24(26(35)31-19-20-14-16-23(34)17-15-20)32-27(36)25(21-9-4-2-5-10-21)22-11-6-3-7-12-22/h2-7,9-12,14-17,24-25,34H,8,13,18-19H2,1H3,(H3,29,30)(H,31,35)(H,32,36). The molecular weight excluding hydrogens is 454 g/mol. The van der Waals surface area contributed by atoms with Gasteiger partial charge in [-0.1, -0.05) is 72.8 Å². The van der Waals surface area contributed by atoms with Crippen molar-refractivity contribution >= 4 is 17.8 Å². The number of guanidine groups is 1. The molecule has 1 unspecified atom stereocenters. The second-order valence-electron chi connectivity index (χ2n) is 8.65. The minimum Gasteiger partial charge on any atom is -0.508 e. The third-order valence-electron chi connectivity index (χ3n) is 5.96. The molecule has 188 valence electrons. The predicted molar refractivity (Wildman–Crippen MR) is 140 cm³/mol. The normalized spacial score (nSPS) is 11.5. The molecule has 0 aliphatic carbocycles. The minimum atomic E-state index is -0.773. The van der Waals surface area contributed by atoms with E-state index in [9.17, 15) is 14.7 Å². The van der Waals surface area contributed by atoms with Crippen molar-refractivity contribution in [2.45, 2.75) is 31.3 Å². The molecule has 36 heavy (non-hydrogen) atoms. The van der Waals surface area contributed by atoms with Crippen molar-refractivity contribution in [3.8, 4) is 5.75 Å². The van der Waals surface area contributed by atoms with E-state index in [1.807, 2.05) is 60.7 Å². The van der Waals surface area contributed by atoms with Crippen LogP contribution in [0.4, 0.5) is 0 Å². The first-order valence-electron chi connectivity index (χ1n) is 11.9. The molecule has 2 amide bonds. The Balaban J connectivity index is 1.77. The quantitative estimate of drug-likeness (QED) is 0.210. The van der Waals surface area contributed by atoms with Crippen LogP contribution < -0.4 is 16.4 Å². The van der Waals surface area contributed by atoms with Gasteiger partial charge in [-0.15, -0.1) is 0 Å². The largest absolute Gasteiger partial charge is 0.508 e. The van der Waals surface area contributed by atoms with Crippen LogP contribution in [0.3, 0.4) is 0 Å². The van der Waals surface area contributed by atoms with E-state index in [1.54, 1.807) is 36.2 Å². The highest BCUT2D eigenvalue weighted by Gasteiger charge is 2.27. The summed E-state index contributed by atoms with van der Waals surface area (Å²) in [5.74, 6) is -1.04. The Morgan fingerprint density at radius 2 is 1.47 bits per heavy atom. The summed E-state index contributed by atoms with van der Waals surface area (Å²) in [6.07, 6.45) is 0.927. The molecule has 3 aromatic rings. The molecule has 6 N–H and O–H groups in total. The van der Waals surface area contributed by atoms with E-state index in [2.05, 4.69) is 10.6 Å². The summed E-state index contributed by atoms with van der Waals surface area (Å²) in [6.45, 7) is 0.743. The number of nitrogens with zero attached hydrogens (tertiary/aromatic N) is 1. The number of hydrogen-bond acceptors (Lipinski definition) is 4. The number of rotatable bonds is 11. The minimum absolute atomic E-state index is 0.0550. The van der Waals surface area contributed by atoms with Crippen molar-refractivity contribution < 1.29 is 14.7 Å². The number of benzene rings is 3. The van der Waals surface area contributed by atoms with Crippen molar-refractivity contribution in [2.24, 2.45) is 5.73 Å². The SMILES string of the molecule is CN(CCCC(NC(=O)C(c1ccccc1)c1ccccc1)C(=O)NCc1ccc(O)cc1)C(=N)N. The van der Waals surface area contributed by atoms with E-state index in [0.717, 1.165) is 16.7 Å². The van der Waals surface area contributed by atoms with Crippen LogP contribution >= 0.6 is 0 Å². The maximum absolute atomic E-state index is 13.6. The second-order valence-corrected chi connectivity index (χ2v) is 8.65. The Labute approximate surface area is 211 Å². The van der Waals surface area contributed by atoms with Crippen molar-refractivity contribution in [1.82, 2.24) is 15.5 Å². The molecule has 0 saturated heterocycles. The zero-order chi connectivity index (χ0) is 25.9. The van der Waals surface area contributed by atoms with Gasteiger partial charge in [0, 0.05) is 20.1 Å². The molecule has 0 aliphatic rings. The number of hydrogen-bond donors (Lipinski definition) is 5. The lowest BCUT2D eigenvalue weighted by molar-refractivity contribution is -0.129. The Bertz CT molecular complexity index is 1100. The lowest BCUT2D eigenvalue weighted by Crippen LogP contribution is -2.48. The number of amides is 2. The van der Waals surface area contributed by atoms with Crippen LogP contribution in [0.1, 0.15) is 35.4 Å². The van der Waals surface area contributed by atoms with E-state index in [1.165, 1.54) is 0 Å². The number of phenols is 1. The highest BCUT2D eigenvalue weighted by molar-refractivity contribution is 5.92. The van der Waals surface area contributed by atoms with Gasteiger partial charge in [0.1, 0.15) is 11.8 Å². The maximum Gasteiger partial charge on any atom is 0.242 e. The van der Waals surface area contributed by atoms with Crippen molar-refractivity contribution in [3.05, 3.63) is 102 Å². The zero-order valence-corrected chi connectivity index (χ0v) is 20.4. The predicted octanol–water partition coefficient (Wildman–Crippen LogP) is 2.93. The van der Waals surface area contributed by atoms with Gasteiger partial charge in [0.15, 0.2) is 5.96 Å². The second kappa shape index (κ2) is 12.9. The maximum atomic E-state index is 13.6. The Kier molecular flexibility index (Phi) is 9.45. The molecule has 3 rings (SSSR count). The van der Waals surface area contributed by atoms with Crippen LogP contribution in [-0.4, -0.2) is 47.4 Å². The Hall–Kier alpha value is -4.33. The summed E-state index contributed by atoms with van der Waals surface area (Å²) in [4.78, 5) is 28.3. The van der Waals surface area contributed by atoms with Crippen LogP contribution in [0.5, 0.6) is 5.75 Å². The fraction of sp³-hybridized carbons (Fsp3) is 0.250. The fourth-order valence-corrected chi connectivity index (χ4v) is 3.89. The van der Waals surface area contributed by atoms with E-state index in [-0.39, 0.29) is 30.1 Å². The molecular formula is C28H33N5O3. The van der Waals surface area contributed by atoms with Gasteiger partial charge in [-0.2, -0.15) is 0 Å². The Morgan fingerprint density at radius 1 is 0.917 bits per heavy atom. The van der Waals surface area contributed by atoms with Gasteiger partial charge in [-0.05, 0) is 41.7 Å². The topological polar surface area (TPSA) is 132 Å². The summed E-state index contributed by atoms with van der Waals surface area (Å²) in [7, 11) is 1.71. The van der Waals surface area contributed by atoms with Gasteiger partial charge in [0.05, 0.1) is 5.92 Å². The third kappa shape index (κ3) is 7.59. The van der Waals surface area contributed by atoms with Gasteiger partial charge < -0.3 is 26.4 Å². The Morgan fingerprint density at radius 3 is 2.00 bits per heavy atom. The summed E-state index contributed by atoms with van der Waals surface area (Å²) in [6, 6.07) is 24.7. The fourth-order valence-electron chi connectivity index (χ4n) is 3.89. The first kappa shape index (κ1) is 26.3. The molecule has 0 heterocycles. The molecule has 0 bridgehead atoms. The number of carbonyl (C=O) groups is 2. The average molecular weight is 488 g/mol. The molecule has 0 saturated carbocycles. The van der Waals surface area contributed by atoms with Crippen LogP contribution in [0.2, 0.25) is 0 Å². The van der Waals surface area contributed by atoms with Crippen molar-refractivity contribution in [2.75, 3.05) is 13.6 Å². The lowest BCUT2D eigenvalue weighted by Gasteiger charge is -2.24. The molecule has 0 fully saturated rings. The van der Waals surface area contributed by atoms with Crippen LogP contribution in [0, 0.1) is 5.41 Å². The van der Waals surface area contributed by atoms with E-state index < -0.39 is 12.0 Å². The van der Waals surface area contributed by atoms with Crippen LogP contribution in [0.25, 0.3) is 0 Å². The lowest BCUT2D eigenvalue weighted by atomic mass is 9.90. The number of phenolic OH excluding ortho intramolecular Hbond substituents is 1. The number of carbonyl (C=O) groups excluding carboxylic acids is 2. The molecule has 3 aromatic carbocycles. The molecule has 0 spiro atoms. The summed E-state index contributed by atoms with van der Waals surface area (Å²) >= 11 is 0. The smallest absolute Gasteiger partial charge is 0.242 e. The first-order valence-corrected chi connectivity index (χ1v) is 11.9. The van der Waals surface area contributed by atoms with Crippen molar-refractivity contribution in [3.63, 3.8) is 0 Å². The third-order valence-corrected chi connectivity index (χ3v) is 5.96. The summed E-state index contributed by atoms with van der Waals surface area (Å²) < 4.78 is 0. The highest BCUT2D eigenvalue weighted by atomic mass is 16.3. The number of nitrogens with one attached hydrogen (secondary N) is 3. The average Bonchev–Trinajstić information content (AvgIpc) is 2.89. The summed E-state index contributed by atoms with van der Waals surface area (Å²) in [5, 5.41) is 22.9. The van der Waals surface area contributed by atoms with Gasteiger partial charge >= 0.3 is 0 Å². The summed E-state index contributed by atoms with van der Waals surface area (Å²) in [5.41, 5.74) is 8.02. The molecule has 8 nitrogen and oxygen atoms in total. The van der Waals surface area contributed by atoms with Crippen LogP contribution in [0.15, 0.2) is 84.9 Å². The molecule has 0 aliphatic heterocycles. The van der Waals surface area contributed by atoms with Gasteiger partial charge in [0.25, 0.3) is 0 Å². The van der Waals surface area contributed by atoms with E-state index in [4.69, 9.17) is 11.1 Å². The van der Waals surface area contributed by atoms with E-state index in [0.29, 0.717) is 19.4 Å². The van der Waals surface area contributed by atoms with Crippen LogP contribution in [-0.2, 0) is 16.1 Å². The number of nitrogens with two attached hydrogens (primary N) is 1. The number of aromatic hydroxyl groups is 1.